The number of hydrogen-bond acceptors (Lipinski definition) is 2. The Bertz CT molecular complexity index is 410. The van der Waals surface area contributed by atoms with Gasteiger partial charge in [0.05, 0.1) is 0 Å². The first-order valence-corrected chi connectivity index (χ1v) is 7.67. The summed E-state index contributed by atoms with van der Waals surface area (Å²) < 4.78 is 0. The molecule has 2 rings (SSSR count). The fourth-order valence-corrected chi connectivity index (χ4v) is 3.09. The van der Waals surface area contributed by atoms with Crippen LogP contribution in [0.1, 0.15) is 48.9 Å². The molecular formula is C17H28N2. The number of aryl methyl sites for hydroxylation is 1. The highest BCUT2D eigenvalue weighted by Gasteiger charge is 2.25. The van der Waals surface area contributed by atoms with Crippen molar-refractivity contribution in [1.82, 2.24) is 4.90 Å². The van der Waals surface area contributed by atoms with Crippen LogP contribution in [0.5, 0.6) is 0 Å². The molecule has 2 heteroatoms. The number of nitrogens with zero attached hydrogens (tertiary/aromatic N) is 1. The molecule has 1 aliphatic rings. The maximum Gasteiger partial charge on any atom is 0.0473 e. The lowest BCUT2D eigenvalue weighted by Crippen LogP contribution is -2.39. The van der Waals surface area contributed by atoms with E-state index in [-0.39, 0.29) is 0 Å². The summed E-state index contributed by atoms with van der Waals surface area (Å²) >= 11 is 0. The molecule has 0 saturated heterocycles. The molecule has 0 aliphatic heterocycles. The van der Waals surface area contributed by atoms with Gasteiger partial charge in [-0.2, -0.15) is 0 Å². The van der Waals surface area contributed by atoms with Gasteiger partial charge in [-0.1, -0.05) is 31.5 Å². The SMILES string of the molecule is CCN(CC1CCC1)C(CN)c1cccc(C)c1C. The highest BCUT2D eigenvalue weighted by molar-refractivity contribution is 5.35. The second kappa shape index (κ2) is 6.53. The van der Waals surface area contributed by atoms with Crippen molar-refractivity contribution in [3.05, 3.63) is 34.9 Å². The van der Waals surface area contributed by atoms with Crippen molar-refractivity contribution in [3.63, 3.8) is 0 Å². The minimum Gasteiger partial charge on any atom is -0.329 e. The van der Waals surface area contributed by atoms with Crippen LogP contribution in [-0.2, 0) is 0 Å². The number of likely N-dealkylation sites (N-methyl/N-ethyl adjacent to an activating group) is 1. The Hall–Kier alpha value is -0.860. The normalized spacial score (nSPS) is 17.5. The summed E-state index contributed by atoms with van der Waals surface area (Å²) in [4.78, 5) is 2.58. The summed E-state index contributed by atoms with van der Waals surface area (Å²) in [6, 6.07) is 6.99. The minimum atomic E-state index is 0.380. The van der Waals surface area contributed by atoms with Gasteiger partial charge in [-0.25, -0.2) is 0 Å². The van der Waals surface area contributed by atoms with Gasteiger partial charge in [-0.15, -0.1) is 0 Å². The van der Waals surface area contributed by atoms with E-state index in [0.717, 1.165) is 12.5 Å². The lowest BCUT2D eigenvalue weighted by Gasteiger charge is -2.37. The first kappa shape index (κ1) is 14.5. The highest BCUT2D eigenvalue weighted by Crippen LogP contribution is 2.31. The van der Waals surface area contributed by atoms with E-state index in [1.165, 1.54) is 42.5 Å². The van der Waals surface area contributed by atoms with Crippen molar-refractivity contribution in [1.29, 1.82) is 0 Å². The van der Waals surface area contributed by atoms with E-state index in [9.17, 15) is 0 Å². The molecule has 0 radical (unpaired) electrons. The number of benzene rings is 1. The lowest BCUT2D eigenvalue weighted by molar-refractivity contribution is 0.141. The maximum atomic E-state index is 6.09. The second-order valence-electron chi connectivity index (χ2n) is 5.93. The van der Waals surface area contributed by atoms with E-state index >= 15 is 0 Å². The summed E-state index contributed by atoms with van der Waals surface area (Å²) in [6.07, 6.45) is 4.22. The van der Waals surface area contributed by atoms with Crippen LogP contribution >= 0.6 is 0 Å². The Balaban J connectivity index is 2.18. The van der Waals surface area contributed by atoms with Gasteiger partial charge in [0.25, 0.3) is 0 Å². The van der Waals surface area contributed by atoms with Gasteiger partial charge < -0.3 is 5.73 Å². The van der Waals surface area contributed by atoms with Crippen molar-refractivity contribution in [2.75, 3.05) is 19.6 Å². The molecule has 1 aliphatic carbocycles. The minimum absolute atomic E-state index is 0.380. The Kier molecular flexibility index (Phi) is 5.00. The van der Waals surface area contributed by atoms with Crippen molar-refractivity contribution in [2.45, 2.75) is 46.1 Å². The molecule has 1 atom stereocenters. The predicted octanol–water partition coefficient (Wildman–Crippen LogP) is 3.43. The zero-order valence-corrected chi connectivity index (χ0v) is 12.7. The Morgan fingerprint density at radius 2 is 2.05 bits per heavy atom. The van der Waals surface area contributed by atoms with Gasteiger partial charge >= 0.3 is 0 Å². The molecule has 19 heavy (non-hydrogen) atoms. The fourth-order valence-electron chi connectivity index (χ4n) is 3.09. The molecule has 2 nitrogen and oxygen atoms in total. The summed E-state index contributed by atoms with van der Waals surface area (Å²) in [5.41, 5.74) is 10.3. The molecule has 1 aromatic carbocycles. The molecule has 106 valence electrons. The Labute approximate surface area is 118 Å². The average Bonchev–Trinajstić information content (AvgIpc) is 2.36. The molecule has 0 aromatic heterocycles. The molecule has 1 fully saturated rings. The summed E-state index contributed by atoms with van der Waals surface area (Å²) in [5.74, 6) is 0.902. The van der Waals surface area contributed by atoms with Crippen LogP contribution in [-0.4, -0.2) is 24.5 Å². The third kappa shape index (κ3) is 3.18. The molecule has 1 aromatic rings. The van der Waals surface area contributed by atoms with Crippen LogP contribution in [0.2, 0.25) is 0 Å². The fraction of sp³-hybridized carbons (Fsp3) is 0.647. The zero-order valence-electron chi connectivity index (χ0n) is 12.7. The molecule has 1 unspecified atom stereocenters. The van der Waals surface area contributed by atoms with Gasteiger partial charge in [0.1, 0.15) is 0 Å². The molecule has 1 saturated carbocycles. The highest BCUT2D eigenvalue weighted by atomic mass is 15.2. The van der Waals surface area contributed by atoms with Crippen LogP contribution in [0.25, 0.3) is 0 Å². The van der Waals surface area contributed by atoms with Gasteiger partial charge in [-0.3, -0.25) is 4.90 Å². The van der Waals surface area contributed by atoms with Crippen LogP contribution in [0.4, 0.5) is 0 Å². The number of hydrogen-bond donors (Lipinski definition) is 1. The van der Waals surface area contributed by atoms with Gasteiger partial charge in [-0.05, 0) is 55.8 Å². The predicted molar refractivity (Wildman–Crippen MR) is 82.3 cm³/mol. The van der Waals surface area contributed by atoms with E-state index in [0.29, 0.717) is 12.6 Å². The van der Waals surface area contributed by atoms with Crippen molar-refractivity contribution in [2.24, 2.45) is 11.7 Å². The summed E-state index contributed by atoms with van der Waals surface area (Å²) in [6.45, 7) is 9.69. The zero-order chi connectivity index (χ0) is 13.8. The monoisotopic (exact) mass is 260 g/mol. The van der Waals surface area contributed by atoms with Gasteiger partial charge in [0.2, 0.25) is 0 Å². The molecular weight excluding hydrogens is 232 g/mol. The van der Waals surface area contributed by atoms with Crippen molar-refractivity contribution >= 4 is 0 Å². The van der Waals surface area contributed by atoms with Crippen molar-refractivity contribution in [3.8, 4) is 0 Å². The molecule has 0 spiro atoms. The van der Waals surface area contributed by atoms with Gasteiger partial charge in [0.15, 0.2) is 0 Å². The Morgan fingerprint density at radius 3 is 2.58 bits per heavy atom. The summed E-state index contributed by atoms with van der Waals surface area (Å²) in [5, 5.41) is 0. The van der Waals surface area contributed by atoms with Crippen LogP contribution in [0, 0.1) is 19.8 Å². The van der Waals surface area contributed by atoms with Crippen LogP contribution in [0.3, 0.4) is 0 Å². The van der Waals surface area contributed by atoms with Gasteiger partial charge in [0, 0.05) is 19.1 Å². The van der Waals surface area contributed by atoms with Crippen LogP contribution < -0.4 is 5.73 Å². The Morgan fingerprint density at radius 1 is 1.32 bits per heavy atom. The maximum absolute atomic E-state index is 6.09. The van der Waals surface area contributed by atoms with E-state index in [4.69, 9.17) is 5.73 Å². The summed E-state index contributed by atoms with van der Waals surface area (Å²) in [7, 11) is 0. The second-order valence-corrected chi connectivity index (χ2v) is 5.93. The lowest BCUT2D eigenvalue weighted by atomic mass is 9.84. The van der Waals surface area contributed by atoms with E-state index in [1.807, 2.05) is 0 Å². The smallest absolute Gasteiger partial charge is 0.0473 e. The van der Waals surface area contributed by atoms with E-state index in [2.05, 4.69) is 43.9 Å². The molecule has 2 N–H and O–H groups in total. The molecule has 0 heterocycles. The quantitative estimate of drug-likeness (QED) is 0.849. The van der Waals surface area contributed by atoms with Crippen LogP contribution in [0.15, 0.2) is 18.2 Å². The first-order valence-electron chi connectivity index (χ1n) is 7.67. The standard InChI is InChI=1S/C17H28N2/c1-4-19(12-15-8-6-9-15)17(11-18)16-10-5-7-13(2)14(16)3/h5,7,10,15,17H,4,6,8-9,11-12,18H2,1-3H3. The average molecular weight is 260 g/mol. The number of nitrogens with two attached hydrogens (primary N) is 1. The first-order chi connectivity index (χ1) is 9.17. The largest absolute Gasteiger partial charge is 0.329 e. The molecule has 0 amide bonds. The van der Waals surface area contributed by atoms with Crippen molar-refractivity contribution < 1.29 is 0 Å². The number of rotatable bonds is 6. The third-order valence-electron chi connectivity index (χ3n) is 4.79. The van der Waals surface area contributed by atoms with E-state index < -0.39 is 0 Å². The topological polar surface area (TPSA) is 29.3 Å². The van der Waals surface area contributed by atoms with E-state index in [1.54, 1.807) is 0 Å². The molecule has 0 bridgehead atoms. The third-order valence-corrected chi connectivity index (χ3v) is 4.79.